The Balaban J connectivity index is 2.12. The molecule has 1 atom stereocenters. The van der Waals surface area contributed by atoms with E-state index in [1.807, 2.05) is 0 Å². The lowest BCUT2D eigenvalue weighted by molar-refractivity contribution is -0.150. The van der Waals surface area contributed by atoms with Crippen molar-refractivity contribution in [2.24, 2.45) is 0 Å². The van der Waals surface area contributed by atoms with Gasteiger partial charge in [0.05, 0.1) is 6.61 Å². The van der Waals surface area contributed by atoms with Crippen LogP contribution in [0.5, 0.6) is 5.75 Å². The highest BCUT2D eigenvalue weighted by molar-refractivity contribution is 7.84. The van der Waals surface area contributed by atoms with Gasteiger partial charge in [-0.05, 0) is 44.0 Å². The lowest BCUT2D eigenvalue weighted by Crippen LogP contribution is -2.49. The van der Waals surface area contributed by atoms with Gasteiger partial charge >= 0.3 is 12.8 Å². The van der Waals surface area contributed by atoms with Gasteiger partial charge < -0.3 is 9.26 Å². The maximum absolute atomic E-state index is 12.5. The number of rotatable bonds is 6. The van der Waals surface area contributed by atoms with Gasteiger partial charge in [-0.25, -0.2) is 9.65 Å². The Bertz CT molecular complexity index is 573. The molecule has 8 heteroatoms. The van der Waals surface area contributed by atoms with Crippen molar-refractivity contribution in [3.05, 3.63) is 29.3 Å². The zero-order valence-corrected chi connectivity index (χ0v) is 14.6. The van der Waals surface area contributed by atoms with Crippen molar-refractivity contribution in [2.75, 3.05) is 6.61 Å². The topological polar surface area (TPSA) is 64.6 Å². The number of nitrogens with one attached hydrogen (secondary N) is 1. The fraction of sp³-hybridized carbons (Fsp3) is 0.500. The molecule has 0 bridgehead atoms. The number of carbonyl (C=O) groups excluding carboxylic acids is 1. The van der Waals surface area contributed by atoms with E-state index in [0.29, 0.717) is 23.6 Å². The lowest BCUT2D eigenvalue weighted by atomic mass is 10.00. The predicted octanol–water partition coefficient (Wildman–Crippen LogP) is 4.53. The third kappa shape index (κ3) is 4.39. The van der Waals surface area contributed by atoms with Gasteiger partial charge in [0.2, 0.25) is 0 Å². The average molecular weight is 366 g/mol. The normalized spacial score (nSPS) is 19.4. The fourth-order valence-corrected chi connectivity index (χ4v) is 4.63. The quantitative estimate of drug-likeness (QED) is 0.592. The molecular weight excluding hydrogens is 348 g/mol. The van der Waals surface area contributed by atoms with Gasteiger partial charge in [0.25, 0.3) is 0 Å². The van der Waals surface area contributed by atoms with Crippen molar-refractivity contribution in [1.82, 2.24) is 5.09 Å². The molecule has 1 aliphatic carbocycles. The zero-order valence-electron chi connectivity index (χ0n) is 12.2. The van der Waals surface area contributed by atoms with Crippen molar-refractivity contribution in [3.8, 4) is 5.75 Å². The SMILES string of the molecule is CCOC(=O)C1(NP(=O)(Cl)Oc2ccc(Cl)cc2)CCCC1. The van der Waals surface area contributed by atoms with Crippen LogP contribution in [0.2, 0.25) is 5.02 Å². The first-order valence-electron chi connectivity index (χ1n) is 7.08. The summed E-state index contributed by atoms with van der Waals surface area (Å²) in [4.78, 5) is 12.2. The molecule has 0 saturated heterocycles. The second-order valence-electron chi connectivity index (χ2n) is 5.15. The molecule has 0 heterocycles. The lowest BCUT2D eigenvalue weighted by Gasteiger charge is -2.29. The predicted molar refractivity (Wildman–Crippen MR) is 86.5 cm³/mol. The summed E-state index contributed by atoms with van der Waals surface area (Å²) in [6, 6.07) is 6.32. The fourth-order valence-electron chi connectivity index (χ4n) is 2.52. The molecule has 0 radical (unpaired) electrons. The van der Waals surface area contributed by atoms with Crippen molar-refractivity contribution in [3.63, 3.8) is 0 Å². The average Bonchev–Trinajstić information content (AvgIpc) is 2.90. The molecule has 2 rings (SSSR count). The Labute approximate surface area is 139 Å². The van der Waals surface area contributed by atoms with Crippen LogP contribution >= 0.6 is 29.7 Å². The Hall–Kier alpha value is -0.740. The molecule has 22 heavy (non-hydrogen) atoms. The summed E-state index contributed by atoms with van der Waals surface area (Å²) in [7, 11) is 0. The van der Waals surface area contributed by atoms with Crippen LogP contribution in [-0.4, -0.2) is 18.1 Å². The van der Waals surface area contributed by atoms with Gasteiger partial charge in [-0.2, -0.15) is 0 Å². The van der Waals surface area contributed by atoms with E-state index in [0.717, 1.165) is 12.8 Å². The van der Waals surface area contributed by atoms with Gasteiger partial charge in [0.15, 0.2) is 0 Å². The Kier molecular flexibility index (Phi) is 5.78. The van der Waals surface area contributed by atoms with Crippen LogP contribution in [0.4, 0.5) is 0 Å². The third-order valence-corrected chi connectivity index (χ3v) is 5.36. The monoisotopic (exact) mass is 365 g/mol. The van der Waals surface area contributed by atoms with Crippen LogP contribution in [0, 0.1) is 0 Å². The van der Waals surface area contributed by atoms with E-state index in [1.54, 1.807) is 31.2 Å². The molecule has 1 unspecified atom stereocenters. The zero-order chi connectivity index (χ0) is 16.2. The Morgan fingerprint density at radius 2 is 1.91 bits per heavy atom. The minimum absolute atomic E-state index is 0.257. The molecule has 1 aliphatic rings. The number of hydrogen-bond donors (Lipinski definition) is 1. The van der Waals surface area contributed by atoms with Crippen molar-refractivity contribution < 1.29 is 18.6 Å². The van der Waals surface area contributed by atoms with E-state index in [-0.39, 0.29) is 6.61 Å². The summed E-state index contributed by atoms with van der Waals surface area (Å²) < 4.78 is 22.9. The molecular formula is C14H18Cl2NO4P. The van der Waals surface area contributed by atoms with Crippen LogP contribution in [0.1, 0.15) is 32.6 Å². The molecule has 122 valence electrons. The van der Waals surface area contributed by atoms with E-state index in [4.69, 9.17) is 32.1 Å². The van der Waals surface area contributed by atoms with Crippen LogP contribution in [0.3, 0.4) is 0 Å². The highest BCUT2D eigenvalue weighted by Gasteiger charge is 2.47. The summed E-state index contributed by atoms with van der Waals surface area (Å²) in [5.41, 5.74) is -1.04. The van der Waals surface area contributed by atoms with Gasteiger partial charge in [0.1, 0.15) is 11.3 Å². The smallest absolute Gasteiger partial charge is 0.410 e. The molecule has 1 aromatic carbocycles. The van der Waals surface area contributed by atoms with E-state index in [9.17, 15) is 9.36 Å². The molecule has 0 amide bonds. The van der Waals surface area contributed by atoms with E-state index >= 15 is 0 Å². The van der Waals surface area contributed by atoms with Crippen LogP contribution in [0.15, 0.2) is 24.3 Å². The molecule has 1 aromatic rings. The third-order valence-electron chi connectivity index (χ3n) is 3.51. The number of benzene rings is 1. The minimum Gasteiger partial charge on any atom is -0.465 e. The maximum atomic E-state index is 12.5. The maximum Gasteiger partial charge on any atom is 0.410 e. The number of esters is 1. The second kappa shape index (κ2) is 7.22. The van der Waals surface area contributed by atoms with Gasteiger partial charge in [-0.15, -0.1) is 0 Å². The first kappa shape index (κ1) is 17.6. The summed E-state index contributed by atoms with van der Waals surface area (Å²) in [6.07, 6.45) is 2.71. The standard InChI is InChI=1S/C14H18Cl2NO4P/c1-2-20-13(18)14(9-3-4-10-14)17-22(16,19)21-12-7-5-11(15)6-8-12/h5-8H,2-4,9-10H2,1H3,(H,17,19). The van der Waals surface area contributed by atoms with Crippen molar-refractivity contribution >= 4 is 35.7 Å². The molecule has 1 fully saturated rings. The Morgan fingerprint density at radius 3 is 2.45 bits per heavy atom. The molecule has 1 saturated carbocycles. The highest BCUT2D eigenvalue weighted by Crippen LogP contribution is 2.52. The summed E-state index contributed by atoms with van der Waals surface area (Å²) in [5.74, 6) is -0.125. The first-order chi connectivity index (χ1) is 10.4. The van der Waals surface area contributed by atoms with E-state index in [2.05, 4.69) is 5.09 Å². The summed E-state index contributed by atoms with van der Waals surface area (Å²) in [5, 5.41) is 3.24. The van der Waals surface area contributed by atoms with Crippen molar-refractivity contribution in [1.29, 1.82) is 0 Å². The van der Waals surface area contributed by atoms with Gasteiger partial charge in [0, 0.05) is 16.3 Å². The number of carbonyl (C=O) groups is 1. The van der Waals surface area contributed by atoms with Gasteiger partial charge in [-0.3, -0.25) is 4.79 Å². The van der Waals surface area contributed by atoms with Crippen molar-refractivity contribution in [2.45, 2.75) is 38.1 Å². The number of halogens is 2. The van der Waals surface area contributed by atoms with Gasteiger partial charge in [-0.1, -0.05) is 24.4 Å². The van der Waals surface area contributed by atoms with Crippen LogP contribution in [-0.2, 0) is 14.1 Å². The number of ether oxygens (including phenoxy) is 1. The van der Waals surface area contributed by atoms with E-state index in [1.165, 1.54) is 0 Å². The van der Waals surface area contributed by atoms with E-state index < -0.39 is 18.4 Å². The molecule has 5 nitrogen and oxygen atoms in total. The minimum atomic E-state index is -3.74. The summed E-state index contributed by atoms with van der Waals surface area (Å²) in [6.45, 7) is -1.76. The Morgan fingerprint density at radius 1 is 1.32 bits per heavy atom. The van der Waals surface area contributed by atoms with Crippen LogP contribution < -0.4 is 9.61 Å². The first-order valence-corrected chi connectivity index (χ1v) is 9.99. The second-order valence-corrected chi connectivity index (χ2v) is 8.28. The molecule has 0 aliphatic heterocycles. The number of hydrogen-bond acceptors (Lipinski definition) is 4. The highest BCUT2D eigenvalue weighted by atomic mass is 35.7. The largest absolute Gasteiger partial charge is 0.465 e. The molecule has 0 aromatic heterocycles. The summed E-state index contributed by atoms with van der Waals surface area (Å²) >= 11 is 11.8. The molecule has 1 N–H and O–H groups in total. The van der Waals surface area contributed by atoms with Crippen LogP contribution in [0.25, 0.3) is 0 Å². The molecule has 0 spiro atoms.